The molecule has 0 spiro atoms. The van der Waals surface area contributed by atoms with Crippen LogP contribution in [0, 0.1) is 12.3 Å². The number of rotatable bonds is 8. The van der Waals surface area contributed by atoms with Crippen molar-refractivity contribution in [1.29, 1.82) is 0 Å². The Bertz CT molecular complexity index is 1190. The van der Waals surface area contributed by atoms with E-state index >= 15 is 0 Å². The number of nitrogens with zero attached hydrogens (tertiary/aromatic N) is 2. The number of aromatic nitrogens is 2. The van der Waals surface area contributed by atoms with E-state index in [0.29, 0.717) is 23.3 Å². The topological polar surface area (TPSA) is 132 Å². The molecule has 9 nitrogen and oxygen atoms in total. The average Bonchev–Trinajstić information content (AvgIpc) is 3.21. The van der Waals surface area contributed by atoms with Crippen LogP contribution in [0.1, 0.15) is 59.4 Å². The van der Waals surface area contributed by atoms with Gasteiger partial charge in [-0.3, -0.25) is 4.79 Å². The first-order valence-electron chi connectivity index (χ1n) is 10.2. The zero-order valence-corrected chi connectivity index (χ0v) is 19.1. The number of carbonyl (C=O) groups is 2. The van der Waals surface area contributed by atoms with Gasteiger partial charge in [-0.2, -0.15) is 4.98 Å². The van der Waals surface area contributed by atoms with Crippen LogP contribution in [0.2, 0.25) is 0 Å². The van der Waals surface area contributed by atoms with Crippen LogP contribution in [0.15, 0.2) is 34.9 Å². The fourth-order valence-electron chi connectivity index (χ4n) is 3.30. The predicted molar refractivity (Wildman–Crippen MR) is 119 cm³/mol. The van der Waals surface area contributed by atoms with E-state index in [9.17, 15) is 19.8 Å². The third kappa shape index (κ3) is 5.31. The van der Waals surface area contributed by atoms with Gasteiger partial charge in [0.25, 0.3) is 5.89 Å². The highest BCUT2D eigenvalue weighted by atomic mass is 16.5. The van der Waals surface area contributed by atoms with E-state index < -0.39 is 5.97 Å². The third-order valence-corrected chi connectivity index (χ3v) is 4.88. The first-order valence-corrected chi connectivity index (χ1v) is 10.2. The summed E-state index contributed by atoms with van der Waals surface area (Å²) in [6.07, 6.45) is 0.303. The molecule has 3 rings (SSSR count). The molecule has 0 unspecified atom stereocenters. The molecule has 0 saturated heterocycles. The number of ketones is 1. The average molecular weight is 454 g/mol. The summed E-state index contributed by atoms with van der Waals surface area (Å²) in [6.45, 7) is 7.43. The van der Waals surface area contributed by atoms with Crippen LogP contribution in [0.4, 0.5) is 0 Å². The summed E-state index contributed by atoms with van der Waals surface area (Å²) in [5.74, 6) is -0.632. The number of hydrogen-bond donors (Lipinski definition) is 2. The zero-order valence-electron chi connectivity index (χ0n) is 19.1. The van der Waals surface area contributed by atoms with Gasteiger partial charge in [-0.15, -0.1) is 0 Å². The monoisotopic (exact) mass is 454 g/mol. The molecular formula is C24H26N2O7. The van der Waals surface area contributed by atoms with E-state index in [1.807, 2.05) is 20.8 Å². The maximum Gasteiger partial charge on any atom is 0.339 e. The molecular weight excluding hydrogens is 428 g/mol. The molecule has 9 heteroatoms. The Morgan fingerprint density at radius 2 is 1.85 bits per heavy atom. The highest BCUT2D eigenvalue weighted by molar-refractivity contribution is 5.99. The van der Waals surface area contributed by atoms with Crippen LogP contribution < -0.4 is 9.47 Å². The molecule has 0 aliphatic rings. The second-order valence-electron chi connectivity index (χ2n) is 8.74. The van der Waals surface area contributed by atoms with Crippen molar-refractivity contribution in [3.8, 4) is 28.6 Å². The number of aromatic carboxylic acids is 1. The summed E-state index contributed by atoms with van der Waals surface area (Å²) in [5.41, 5.74) is 0.813. The largest absolute Gasteiger partial charge is 0.507 e. The number of ether oxygens (including phenoxy) is 2. The summed E-state index contributed by atoms with van der Waals surface area (Å²) in [5, 5.41) is 23.7. The van der Waals surface area contributed by atoms with Crippen LogP contribution in [-0.4, -0.2) is 39.2 Å². The molecule has 0 radical (unpaired) electrons. The Morgan fingerprint density at radius 3 is 2.48 bits per heavy atom. The highest BCUT2D eigenvalue weighted by Crippen LogP contribution is 2.34. The summed E-state index contributed by atoms with van der Waals surface area (Å²) in [6, 6.07) is 7.74. The standard InChI is InChI=1S/C24H26N2O7/c1-13-18(10-9-14(20(13)28)17(27)11-24(2,3)4)32-12-19-25-22(26-33-19)15-7-6-8-16(23(29)30)21(15)31-5/h6-10,28H,11-12H2,1-5H3,(H,29,30). The quantitative estimate of drug-likeness (QED) is 0.466. The minimum Gasteiger partial charge on any atom is -0.507 e. The van der Waals surface area contributed by atoms with Crippen molar-refractivity contribution in [2.75, 3.05) is 7.11 Å². The van der Waals surface area contributed by atoms with Gasteiger partial charge in [0.05, 0.1) is 18.2 Å². The fourth-order valence-corrected chi connectivity index (χ4v) is 3.30. The Kier molecular flexibility index (Phi) is 6.71. The number of Topliss-reactive ketones (excluding diaryl/α,β-unsaturated/α-hetero) is 1. The summed E-state index contributed by atoms with van der Waals surface area (Å²) >= 11 is 0. The van der Waals surface area contributed by atoms with Gasteiger partial charge in [0, 0.05) is 12.0 Å². The molecule has 2 N–H and O–H groups in total. The van der Waals surface area contributed by atoms with Crippen LogP contribution >= 0.6 is 0 Å². The molecule has 0 bridgehead atoms. The molecule has 33 heavy (non-hydrogen) atoms. The second kappa shape index (κ2) is 9.32. The number of para-hydroxylation sites is 1. The van der Waals surface area contributed by atoms with E-state index in [0.717, 1.165) is 0 Å². The Hall–Kier alpha value is -3.88. The Labute approximate surface area is 191 Å². The van der Waals surface area contributed by atoms with Gasteiger partial charge in [-0.05, 0) is 36.6 Å². The Balaban J connectivity index is 1.78. The van der Waals surface area contributed by atoms with Crippen molar-refractivity contribution in [1.82, 2.24) is 10.1 Å². The third-order valence-electron chi connectivity index (χ3n) is 4.88. The van der Waals surface area contributed by atoms with E-state index in [1.54, 1.807) is 25.1 Å². The maximum absolute atomic E-state index is 12.5. The molecule has 2 aromatic carbocycles. The van der Waals surface area contributed by atoms with E-state index in [2.05, 4.69) is 10.1 Å². The van der Waals surface area contributed by atoms with E-state index in [-0.39, 0.29) is 52.1 Å². The Morgan fingerprint density at radius 1 is 1.12 bits per heavy atom. The van der Waals surface area contributed by atoms with Gasteiger partial charge in [-0.1, -0.05) is 32.0 Å². The van der Waals surface area contributed by atoms with Crippen molar-refractivity contribution < 1.29 is 33.8 Å². The van der Waals surface area contributed by atoms with E-state index in [4.69, 9.17) is 14.0 Å². The predicted octanol–water partition coefficient (Wildman–Crippen LogP) is 4.66. The van der Waals surface area contributed by atoms with Crippen molar-refractivity contribution in [2.24, 2.45) is 5.41 Å². The number of methoxy groups -OCH3 is 1. The minimum absolute atomic E-state index is 0.0233. The lowest BCUT2D eigenvalue weighted by atomic mass is 9.87. The summed E-state index contributed by atoms with van der Waals surface area (Å²) < 4.78 is 16.2. The van der Waals surface area contributed by atoms with Crippen LogP contribution in [0.5, 0.6) is 17.2 Å². The number of carboxylic acid groups (broad SMARTS) is 1. The number of phenols is 1. The van der Waals surface area contributed by atoms with Crippen molar-refractivity contribution in [2.45, 2.75) is 40.7 Å². The highest BCUT2D eigenvalue weighted by Gasteiger charge is 2.23. The molecule has 0 saturated carbocycles. The number of carboxylic acids is 1. The molecule has 0 atom stereocenters. The van der Waals surface area contributed by atoms with Crippen LogP contribution in [0.25, 0.3) is 11.4 Å². The van der Waals surface area contributed by atoms with Gasteiger partial charge < -0.3 is 24.2 Å². The molecule has 174 valence electrons. The smallest absolute Gasteiger partial charge is 0.339 e. The molecule has 0 aliphatic heterocycles. The van der Waals surface area contributed by atoms with Gasteiger partial charge in [0.1, 0.15) is 22.8 Å². The minimum atomic E-state index is -1.14. The van der Waals surface area contributed by atoms with Crippen molar-refractivity contribution in [3.63, 3.8) is 0 Å². The molecule has 0 fully saturated rings. The van der Waals surface area contributed by atoms with Gasteiger partial charge >= 0.3 is 5.97 Å². The van der Waals surface area contributed by atoms with Crippen molar-refractivity contribution in [3.05, 3.63) is 52.9 Å². The number of hydrogen-bond acceptors (Lipinski definition) is 8. The SMILES string of the molecule is COc1c(C(=O)O)cccc1-c1noc(COc2ccc(C(=O)CC(C)(C)C)c(O)c2C)n1. The second-order valence-corrected chi connectivity index (χ2v) is 8.74. The van der Waals surface area contributed by atoms with Crippen LogP contribution in [0.3, 0.4) is 0 Å². The number of aromatic hydroxyl groups is 1. The maximum atomic E-state index is 12.5. The lowest BCUT2D eigenvalue weighted by Crippen LogP contribution is -2.13. The molecule has 3 aromatic rings. The molecule has 0 amide bonds. The zero-order chi connectivity index (χ0) is 24.3. The molecule has 0 aliphatic carbocycles. The normalized spacial score (nSPS) is 11.3. The number of carbonyl (C=O) groups excluding carboxylic acids is 1. The fraction of sp³-hybridized carbons (Fsp3) is 0.333. The van der Waals surface area contributed by atoms with Crippen LogP contribution in [-0.2, 0) is 6.61 Å². The lowest BCUT2D eigenvalue weighted by molar-refractivity contribution is 0.0693. The first-order chi connectivity index (χ1) is 15.5. The van der Waals surface area contributed by atoms with E-state index in [1.165, 1.54) is 19.2 Å². The van der Waals surface area contributed by atoms with Gasteiger partial charge in [0.2, 0.25) is 5.82 Å². The summed E-state index contributed by atoms with van der Waals surface area (Å²) in [7, 11) is 1.36. The number of phenolic OH excluding ortho intramolecular Hbond substituents is 1. The van der Waals surface area contributed by atoms with Gasteiger partial charge in [0.15, 0.2) is 12.4 Å². The lowest BCUT2D eigenvalue weighted by Gasteiger charge is -2.18. The number of benzene rings is 2. The summed E-state index contributed by atoms with van der Waals surface area (Å²) in [4.78, 5) is 28.2. The molecule has 1 aromatic heterocycles. The van der Waals surface area contributed by atoms with Crippen molar-refractivity contribution >= 4 is 11.8 Å². The van der Waals surface area contributed by atoms with Gasteiger partial charge in [-0.25, -0.2) is 4.79 Å². The molecule has 1 heterocycles. The first kappa shape index (κ1) is 23.8.